The van der Waals surface area contributed by atoms with Gasteiger partial charge in [0.1, 0.15) is 5.69 Å². The fourth-order valence-corrected chi connectivity index (χ4v) is 4.78. The summed E-state index contributed by atoms with van der Waals surface area (Å²) in [6.07, 6.45) is 10.1. The average molecular weight is 412 g/mol. The number of nitrogens with one attached hydrogen (secondary N) is 2. The van der Waals surface area contributed by atoms with E-state index in [-0.39, 0.29) is 23.9 Å². The fourth-order valence-electron chi connectivity index (χ4n) is 4.78. The molecule has 1 atom stereocenters. The van der Waals surface area contributed by atoms with Crippen molar-refractivity contribution in [3.63, 3.8) is 0 Å². The molecule has 158 valence electrons. The van der Waals surface area contributed by atoms with Crippen LogP contribution in [0.25, 0.3) is 0 Å². The van der Waals surface area contributed by atoms with Gasteiger partial charge in [-0.25, -0.2) is 0 Å². The molecule has 1 unspecified atom stereocenters. The standard InChI is InChI=1S/C20H33N5O2.ClH/c26-19(18-6-12-25(23-18)17-5-4-9-21-15-17)22-16-20(7-13-27-14-8-20)24-10-2-1-3-11-24;/h6,12,17,21H,1-5,7-11,13-16H2,(H,22,26);1H. The Morgan fingerprint density at radius 3 is 2.75 bits per heavy atom. The number of hydrogen-bond donors (Lipinski definition) is 2. The molecule has 0 saturated carbocycles. The number of hydrogen-bond acceptors (Lipinski definition) is 5. The molecule has 0 radical (unpaired) electrons. The summed E-state index contributed by atoms with van der Waals surface area (Å²) in [6.45, 7) is 6.55. The maximum atomic E-state index is 12.8. The quantitative estimate of drug-likeness (QED) is 0.775. The Kier molecular flexibility index (Phi) is 7.74. The second kappa shape index (κ2) is 10.1. The van der Waals surface area contributed by atoms with Crippen LogP contribution in [0, 0.1) is 0 Å². The van der Waals surface area contributed by atoms with Crippen molar-refractivity contribution in [3.05, 3.63) is 18.0 Å². The van der Waals surface area contributed by atoms with Gasteiger partial charge in [0.2, 0.25) is 0 Å². The molecule has 3 aliphatic rings. The van der Waals surface area contributed by atoms with Gasteiger partial charge in [0.25, 0.3) is 5.91 Å². The molecule has 3 saturated heterocycles. The Morgan fingerprint density at radius 1 is 1.25 bits per heavy atom. The number of likely N-dealkylation sites (tertiary alicyclic amines) is 1. The highest BCUT2D eigenvalue weighted by molar-refractivity contribution is 5.92. The van der Waals surface area contributed by atoms with E-state index in [0.29, 0.717) is 18.3 Å². The molecule has 28 heavy (non-hydrogen) atoms. The van der Waals surface area contributed by atoms with Crippen LogP contribution < -0.4 is 10.6 Å². The maximum Gasteiger partial charge on any atom is 0.271 e. The van der Waals surface area contributed by atoms with E-state index in [4.69, 9.17) is 4.74 Å². The number of amides is 1. The van der Waals surface area contributed by atoms with Crippen LogP contribution in [0.5, 0.6) is 0 Å². The van der Waals surface area contributed by atoms with Gasteiger partial charge in [0, 0.05) is 38.0 Å². The van der Waals surface area contributed by atoms with Crippen molar-refractivity contribution in [1.29, 1.82) is 0 Å². The lowest BCUT2D eigenvalue weighted by atomic mass is 9.86. The van der Waals surface area contributed by atoms with E-state index in [9.17, 15) is 4.79 Å². The molecule has 3 fully saturated rings. The van der Waals surface area contributed by atoms with Crippen molar-refractivity contribution >= 4 is 18.3 Å². The molecule has 3 aliphatic heterocycles. The zero-order valence-corrected chi connectivity index (χ0v) is 17.5. The van der Waals surface area contributed by atoms with Gasteiger partial charge in [-0.15, -0.1) is 12.4 Å². The minimum atomic E-state index is -0.0552. The molecule has 2 N–H and O–H groups in total. The van der Waals surface area contributed by atoms with E-state index >= 15 is 0 Å². The van der Waals surface area contributed by atoms with Crippen LogP contribution in [-0.2, 0) is 4.74 Å². The smallest absolute Gasteiger partial charge is 0.271 e. The number of carbonyl (C=O) groups excluding carboxylic acids is 1. The van der Waals surface area contributed by atoms with Gasteiger partial charge in [-0.05, 0) is 64.2 Å². The predicted octanol–water partition coefficient (Wildman–Crippen LogP) is 1.99. The molecule has 1 aromatic heterocycles. The molecule has 0 aromatic carbocycles. The van der Waals surface area contributed by atoms with E-state index in [1.54, 1.807) is 0 Å². The maximum absolute atomic E-state index is 12.8. The molecule has 1 amide bonds. The molecular formula is C20H34ClN5O2. The van der Waals surface area contributed by atoms with Gasteiger partial charge < -0.3 is 15.4 Å². The third-order valence-corrected chi connectivity index (χ3v) is 6.51. The molecule has 1 aromatic rings. The molecule has 7 nitrogen and oxygen atoms in total. The molecule has 4 heterocycles. The summed E-state index contributed by atoms with van der Waals surface area (Å²) < 4.78 is 7.57. The summed E-state index contributed by atoms with van der Waals surface area (Å²) in [5.41, 5.74) is 0.575. The van der Waals surface area contributed by atoms with Gasteiger partial charge in [0.15, 0.2) is 0 Å². The Bertz CT molecular complexity index is 620. The first kappa shape index (κ1) is 21.6. The molecular weight excluding hydrogens is 378 g/mol. The number of carbonyl (C=O) groups is 1. The Labute approximate surface area is 174 Å². The van der Waals surface area contributed by atoms with Crippen LogP contribution in [0.1, 0.15) is 61.5 Å². The topological polar surface area (TPSA) is 71.4 Å². The van der Waals surface area contributed by atoms with Crippen LogP contribution in [0.2, 0.25) is 0 Å². The first-order valence-corrected chi connectivity index (χ1v) is 10.6. The number of rotatable bonds is 5. The number of nitrogens with zero attached hydrogens (tertiary/aromatic N) is 3. The van der Waals surface area contributed by atoms with Crippen molar-refractivity contribution in [2.45, 2.75) is 56.5 Å². The highest BCUT2D eigenvalue weighted by atomic mass is 35.5. The van der Waals surface area contributed by atoms with E-state index in [0.717, 1.165) is 65.1 Å². The Morgan fingerprint density at radius 2 is 2.04 bits per heavy atom. The lowest BCUT2D eigenvalue weighted by Crippen LogP contribution is -2.59. The van der Waals surface area contributed by atoms with Crippen molar-refractivity contribution < 1.29 is 9.53 Å². The number of piperidine rings is 2. The number of halogens is 1. The number of aromatic nitrogens is 2. The zero-order chi connectivity index (χ0) is 18.5. The Balaban J connectivity index is 0.00000225. The first-order valence-electron chi connectivity index (χ1n) is 10.6. The van der Waals surface area contributed by atoms with Gasteiger partial charge in [-0.1, -0.05) is 6.42 Å². The summed E-state index contributed by atoms with van der Waals surface area (Å²) in [6, 6.07) is 2.21. The van der Waals surface area contributed by atoms with E-state index in [2.05, 4.69) is 20.6 Å². The van der Waals surface area contributed by atoms with Crippen molar-refractivity contribution in [3.8, 4) is 0 Å². The van der Waals surface area contributed by atoms with Crippen LogP contribution >= 0.6 is 12.4 Å². The van der Waals surface area contributed by atoms with E-state index in [1.165, 1.54) is 19.3 Å². The summed E-state index contributed by atoms with van der Waals surface area (Å²) in [5, 5.41) is 11.2. The predicted molar refractivity (Wildman–Crippen MR) is 111 cm³/mol. The largest absolute Gasteiger partial charge is 0.381 e. The monoisotopic (exact) mass is 411 g/mol. The minimum Gasteiger partial charge on any atom is -0.381 e. The normalized spacial score (nSPS) is 25.6. The second-order valence-corrected chi connectivity index (χ2v) is 8.25. The summed E-state index contributed by atoms with van der Waals surface area (Å²) >= 11 is 0. The molecule has 8 heteroatoms. The van der Waals surface area contributed by atoms with Crippen LogP contribution in [-0.4, -0.2) is 72.1 Å². The fraction of sp³-hybridized carbons (Fsp3) is 0.800. The van der Waals surface area contributed by atoms with Crippen molar-refractivity contribution in [2.75, 3.05) is 45.9 Å². The molecule has 0 bridgehead atoms. The molecule has 4 rings (SSSR count). The summed E-state index contributed by atoms with van der Waals surface area (Å²) in [4.78, 5) is 15.4. The van der Waals surface area contributed by atoms with E-state index < -0.39 is 0 Å². The van der Waals surface area contributed by atoms with Gasteiger partial charge in [0.05, 0.1) is 6.04 Å². The Hall–Kier alpha value is -1.15. The second-order valence-electron chi connectivity index (χ2n) is 8.25. The highest BCUT2D eigenvalue weighted by Crippen LogP contribution is 2.30. The van der Waals surface area contributed by atoms with Crippen molar-refractivity contribution in [1.82, 2.24) is 25.3 Å². The van der Waals surface area contributed by atoms with Crippen LogP contribution in [0.4, 0.5) is 0 Å². The lowest BCUT2D eigenvalue weighted by molar-refractivity contribution is -0.0349. The lowest BCUT2D eigenvalue weighted by Gasteiger charge is -2.48. The van der Waals surface area contributed by atoms with Crippen molar-refractivity contribution in [2.24, 2.45) is 0 Å². The highest BCUT2D eigenvalue weighted by Gasteiger charge is 2.39. The summed E-state index contributed by atoms with van der Waals surface area (Å²) in [5.74, 6) is -0.0552. The van der Waals surface area contributed by atoms with Gasteiger partial charge >= 0.3 is 0 Å². The summed E-state index contributed by atoms with van der Waals surface area (Å²) in [7, 11) is 0. The third kappa shape index (κ3) is 4.87. The first-order chi connectivity index (χ1) is 13.3. The van der Waals surface area contributed by atoms with Gasteiger partial charge in [-0.2, -0.15) is 5.10 Å². The third-order valence-electron chi connectivity index (χ3n) is 6.51. The molecule has 0 aliphatic carbocycles. The van der Waals surface area contributed by atoms with Gasteiger partial charge in [-0.3, -0.25) is 14.4 Å². The average Bonchev–Trinajstić information content (AvgIpc) is 3.24. The number of ether oxygens (including phenoxy) is 1. The van der Waals surface area contributed by atoms with Crippen LogP contribution in [0.15, 0.2) is 12.3 Å². The zero-order valence-electron chi connectivity index (χ0n) is 16.7. The minimum absolute atomic E-state index is 0. The van der Waals surface area contributed by atoms with E-state index in [1.807, 2.05) is 16.9 Å². The SMILES string of the molecule is Cl.O=C(NCC1(N2CCCCC2)CCOCC1)c1ccn(C2CCCNC2)n1. The molecule has 0 spiro atoms. The van der Waals surface area contributed by atoms with Crippen LogP contribution in [0.3, 0.4) is 0 Å².